The van der Waals surface area contributed by atoms with Gasteiger partial charge in [0.25, 0.3) is 0 Å². The molecule has 0 fully saturated rings. The number of methoxy groups -OCH3 is 1. The Labute approximate surface area is 143 Å². The summed E-state index contributed by atoms with van der Waals surface area (Å²) in [6.07, 6.45) is 0. The van der Waals surface area contributed by atoms with Crippen LogP contribution in [0.25, 0.3) is 16.6 Å². The van der Waals surface area contributed by atoms with Crippen LogP contribution < -0.4 is 9.64 Å². The van der Waals surface area contributed by atoms with E-state index in [0.717, 1.165) is 5.69 Å². The van der Waals surface area contributed by atoms with Gasteiger partial charge in [-0.3, -0.25) is 0 Å². The number of hydrogen-bond donors (Lipinski definition) is 0. The molecule has 1 aromatic carbocycles. The molecule has 3 rings (SSSR count). The van der Waals surface area contributed by atoms with E-state index in [1.54, 1.807) is 22.6 Å². The zero-order valence-electron chi connectivity index (χ0n) is 14.1. The van der Waals surface area contributed by atoms with Gasteiger partial charge in [-0.2, -0.15) is 10.1 Å². The first-order chi connectivity index (χ1) is 11.3. The van der Waals surface area contributed by atoms with Gasteiger partial charge in [-0.1, -0.05) is 11.6 Å². The Morgan fingerprint density at radius 1 is 1.21 bits per heavy atom. The molecule has 24 heavy (non-hydrogen) atoms. The van der Waals surface area contributed by atoms with Gasteiger partial charge in [0.1, 0.15) is 5.82 Å². The fourth-order valence-electron chi connectivity index (χ4n) is 2.50. The van der Waals surface area contributed by atoms with Gasteiger partial charge in [0.2, 0.25) is 11.8 Å². The number of halogens is 2. The largest absolute Gasteiger partial charge is 0.480 e. The van der Waals surface area contributed by atoms with E-state index >= 15 is 0 Å². The van der Waals surface area contributed by atoms with Crippen LogP contribution in [0.2, 0.25) is 5.02 Å². The number of aromatic nitrogens is 4. The fraction of sp³-hybridized carbons (Fsp3) is 0.312. The van der Waals surface area contributed by atoms with Crippen molar-refractivity contribution in [3.8, 4) is 11.6 Å². The molecular weight excluding hydrogens is 333 g/mol. The van der Waals surface area contributed by atoms with Crippen molar-refractivity contribution in [3.05, 3.63) is 34.4 Å². The van der Waals surface area contributed by atoms with E-state index in [4.69, 9.17) is 16.3 Å². The average molecular weight is 350 g/mol. The van der Waals surface area contributed by atoms with Crippen molar-refractivity contribution in [2.24, 2.45) is 0 Å². The molecule has 126 valence electrons. The van der Waals surface area contributed by atoms with Crippen LogP contribution in [-0.2, 0) is 0 Å². The summed E-state index contributed by atoms with van der Waals surface area (Å²) in [5.74, 6) is 0.148. The normalized spacial score (nSPS) is 11.1. The summed E-state index contributed by atoms with van der Waals surface area (Å²) in [5, 5.41) is 5.16. The second kappa shape index (κ2) is 5.90. The second-order valence-corrected chi connectivity index (χ2v) is 6.02. The molecule has 0 aliphatic heterocycles. The molecule has 8 heteroatoms. The summed E-state index contributed by atoms with van der Waals surface area (Å²) in [6.45, 7) is 3.63. The van der Waals surface area contributed by atoms with Crippen molar-refractivity contribution in [1.29, 1.82) is 0 Å². The summed E-state index contributed by atoms with van der Waals surface area (Å²) in [6, 6.07) is 3.12. The first-order valence-electron chi connectivity index (χ1n) is 7.28. The van der Waals surface area contributed by atoms with Gasteiger partial charge in [0.05, 0.1) is 40.1 Å². The van der Waals surface area contributed by atoms with E-state index in [-0.39, 0.29) is 11.3 Å². The fourth-order valence-corrected chi connectivity index (χ4v) is 2.62. The smallest absolute Gasteiger partial charge is 0.229 e. The van der Waals surface area contributed by atoms with E-state index in [2.05, 4.69) is 15.1 Å². The molecule has 0 N–H and O–H groups in total. The van der Waals surface area contributed by atoms with Gasteiger partial charge in [0.15, 0.2) is 0 Å². The van der Waals surface area contributed by atoms with Crippen LogP contribution in [0.3, 0.4) is 0 Å². The van der Waals surface area contributed by atoms with Crippen LogP contribution in [0.5, 0.6) is 5.88 Å². The molecule has 0 amide bonds. The Hall–Kier alpha value is -2.41. The molecule has 2 heterocycles. The summed E-state index contributed by atoms with van der Waals surface area (Å²) in [5.41, 5.74) is 2.40. The summed E-state index contributed by atoms with van der Waals surface area (Å²) < 4.78 is 21.5. The topological polar surface area (TPSA) is 56.1 Å². The highest BCUT2D eigenvalue weighted by Gasteiger charge is 2.18. The number of aryl methyl sites for hydroxylation is 1. The molecule has 0 bridgehead atoms. The van der Waals surface area contributed by atoms with Gasteiger partial charge < -0.3 is 9.64 Å². The molecule has 2 aromatic heterocycles. The van der Waals surface area contributed by atoms with Crippen LogP contribution in [0.1, 0.15) is 11.4 Å². The molecule has 0 aliphatic carbocycles. The molecule has 0 spiro atoms. The third-order valence-electron chi connectivity index (χ3n) is 3.73. The summed E-state index contributed by atoms with van der Waals surface area (Å²) >= 11 is 6.19. The molecule has 0 saturated carbocycles. The van der Waals surface area contributed by atoms with E-state index in [0.29, 0.717) is 27.9 Å². The summed E-state index contributed by atoms with van der Waals surface area (Å²) in [4.78, 5) is 10.4. The number of anilines is 1. The van der Waals surface area contributed by atoms with Gasteiger partial charge in [-0.15, -0.1) is 0 Å². The lowest BCUT2D eigenvalue weighted by molar-refractivity contribution is 0.401. The van der Waals surface area contributed by atoms with Crippen molar-refractivity contribution >= 4 is 28.5 Å². The number of rotatable bonds is 3. The van der Waals surface area contributed by atoms with Crippen molar-refractivity contribution < 1.29 is 9.13 Å². The minimum absolute atomic E-state index is 0.194. The van der Waals surface area contributed by atoms with Crippen LogP contribution in [0, 0.1) is 19.7 Å². The van der Waals surface area contributed by atoms with Crippen molar-refractivity contribution in [2.45, 2.75) is 13.8 Å². The first kappa shape index (κ1) is 16.4. The third kappa shape index (κ3) is 2.54. The lowest BCUT2D eigenvalue weighted by atomic mass is 10.2. The lowest BCUT2D eigenvalue weighted by Gasteiger charge is -2.14. The maximum atomic E-state index is 14.7. The van der Waals surface area contributed by atoms with Crippen LogP contribution >= 0.6 is 11.6 Å². The van der Waals surface area contributed by atoms with E-state index in [9.17, 15) is 4.39 Å². The third-order valence-corrected chi connectivity index (χ3v) is 4.28. The Bertz CT molecular complexity index is 938. The number of ether oxygens (including phenoxy) is 1. The predicted molar refractivity (Wildman–Crippen MR) is 92.0 cm³/mol. The molecule has 6 nitrogen and oxygen atoms in total. The number of nitrogens with zero attached hydrogens (tertiary/aromatic N) is 5. The van der Waals surface area contributed by atoms with Gasteiger partial charge in [-0.05, 0) is 19.9 Å². The highest BCUT2D eigenvalue weighted by atomic mass is 35.5. The zero-order valence-corrected chi connectivity index (χ0v) is 14.8. The molecule has 0 aliphatic rings. The number of fused-ring (bicyclic) bond motifs is 1. The van der Waals surface area contributed by atoms with Gasteiger partial charge >= 0.3 is 0 Å². The van der Waals surface area contributed by atoms with E-state index < -0.39 is 5.82 Å². The highest BCUT2D eigenvalue weighted by Crippen LogP contribution is 2.31. The Balaban J connectivity index is 2.31. The van der Waals surface area contributed by atoms with Crippen LogP contribution in [-0.4, -0.2) is 41.0 Å². The van der Waals surface area contributed by atoms with E-state index in [1.807, 2.05) is 21.0 Å². The predicted octanol–water partition coefficient (Wildman–Crippen LogP) is 3.30. The SMILES string of the molecule is COc1nc(N(C)C)nc2cc(-n3nc(C)c(Cl)c3C)cc(F)c12. The minimum Gasteiger partial charge on any atom is -0.480 e. The number of hydrogen-bond acceptors (Lipinski definition) is 5. The monoisotopic (exact) mass is 349 g/mol. The molecule has 0 unspecified atom stereocenters. The number of benzene rings is 1. The Kier molecular flexibility index (Phi) is 4.04. The van der Waals surface area contributed by atoms with Crippen molar-refractivity contribution in [1.82, 2.24) is 19.7 Å². The first-order valence-corrected chi connectivity index (χ1v) is 7.66. The Morgan fingerprint density at radius 3 is 2.46 bits per heavy atom. The van der Waals surface area contributed by atoms with Gasteiger partial charge in [-0.25, -0.2) is 14.1 Å². The quantitative estimate of drug-likeness (QED) is 0.726. The summed E-state index contributed by atoms with van der Waals surface area (Å²) in [7, 11) is 5.07. The lowest BCUT2D eigenvalue weighted by Crippen LogP contribution is -2.13. The second-order valence-electron chi connectivity index (χ2n) is 5.65. The molecular formula is C16H17ClFN5O. The van der Waals surface area contributed by atoms with Crippen LogP contribution in [0.15, 0.2) is 12.1 Å². The minimum atomic E-state index is -0.478. The van der Waals surface area contributed by atoms with Crippen molar-refractivity contribution in [3.63, 3.8) is 0 Å². The zero-order chi connectivity index (χ0) is 17.6. The van der Waals surface area contributed by atoms with Crippen LogP contribution in [0.4, 0.5) is 10.3 Å². The van der Waals surface area contributed by atoms with Crippen molar-refractivity contribution in [2.75, 3.05) is 26.1 Å². The van der Waals surface area contributed by atoms with Gasteiger partial charge in [0, 0.05) is 20.2 Å². The molecule has 0 saturated heterocycles. The maximum absolute atomic E-state index is 14.7. The molecule has 0 atom stereocenters. The maximum Gasteiger partial charge on any atom is 0.229 e. The molecule has 3 aromatic rings. The average Bonchev–Trinajstić information content (AvgIpc) is 2.80. The molecule has 0 radical (unpaired) electrons. The standard InChI is InChI=1S/C16H17ClFN5O/c1-8-14(17)9(2)23(21-8)10-6-11(18)13-12(7-10)19-16(22(3)4)20-15(13)24-5/h6-7H,1-5H3. The van der Waals surface area contributed by atoms with E-state index in [1.165, 1.54) is 13.2 Å². The highest BCUT2D eigenvalue weighted by molar-refractivity contribution is 6.31. The Morgan fingerprint density at radius 2 is 1.92 bits per heavy atom.